The van der Waals surface area contributed by atoms with Crippen LogP contribution in [0.1, 0.15) is 11.1 Å². The van der Waals surface area contributed by atoms with Gasteiger partial charge in [-0.15, -0.1) is 12.4 Å². The third kappa shape index (κ3) is 6.01. The minimum absolute atomic E-state index is 0. The van der Waals surface area contributed by atoms with Crippen molar-refractivity contribution in [2.75, 3.05) is 7.11 Å². The van der Waals surface area contributed by atoms with E-state index in [0.29, 0.717) is 13.0 Å². The number of halogens is 2. The molecule has 0 amide bonds. The van der Waals surface area contributed by atoms with Crippen LogP contribution >= 0.6 is 35.0 Å². The molecular weight excluding hydrogens is 429 g/mol. The van der Waals surface area contributed by atoms with E-state index in [1.165, 1.54) is 7.11 Å². The minimum atomic E-state index is -0.642. The summed E-state index contributed by atoms with van der Waals surface area (Å²) < 4.78 is 11.4. The molecule has 124 valence electrons. The zero-order valence-electron chi connectivity index (χ0n) is 12.7. The monoisotopic (exact) mass is 447 g/mol. The summed E-state index contributed by atoms with van der Waals surface area (Å²) in [6.45, 7) is 0.526. The maximum absolute atomic E-state index is 11.4. The zero-order valence-corrected chi connectivity index (χ0v) is 15.7. The Kier molecular flexibility index (Phi) is 8.36. The largest absolute Gasteiger partial charge is 0.488 e. The number of methoxy groups -OCH3 is 1. The predicted octanol–water partition coefficient (Wildman–Crippen LogP) is 3.33. The molecule has 0 saturated carbocycles. The highest BCUT2D eigenvalue weighted by molar-refractivity contribution is 14.1. The molecule has 6 heteroatoms. The molecule has 2 N–H and O–H groups in total. The van der Waals surface area contributed by atoms with Crippen LogP contribution in [0.25, 0.3) is 0 Å². The Balaban J connectivity index is 0.00000264. The summed E-state index contributed by atoms with van der Waals surface area (Å²) >= 11 is 2.22. The number of esters is 1. The first-order valence-electron chi connectivity index (χ1n) is 6.88. The van der Waals surface area contributed by atoms with Crippen LogP contribution in [0.5, 0.6) is 5.75 Å². The number of ether oxygens (including phenoxy) is 2. The van der Waals surface area contributed by atoms with Crippen LogP contribution in [0.2, 0.25) is 0 Å². The molecule has 0 fully saturated rings. The Morgan fingerprint density at radius 2 is 1.87 bits per heavy atom. The molecule has 1 atom stereocenters. The smallest absolute Gasteiger partial charge is 0.322 e. The van der Waals surface area contributed by atoms with Crippen molar-refractivity contribution in [2.24, 2.45) is 5.73 Å². The van der Waals surface area contributed by atoms with E-state index in [1.54, 1.807) is 0 Å². The molecule has 0 saturated heterocycles. The van der Waals surface area contributed by atoms with E-state index in [-0.39, 0.29) is 12.4 Å². The van der Waals surface area contributed by atoms with Gasteiger partial charge < -0.3 is 15.2 Å². The second-order valence-electron chi connectivity index (χ2n) is 4.87. The minimum Gasteiger partial charge on any atom is -0.488 e. The van der Waals surface area contributed by atoms with E-state index in [4.69, 9.17) is 10.5 Å². The molecular formula is C17H19ClINO3. The highest BCUT2D eigenvalue weighted by atomic mass is 127. The fourth-order valence-electron chi connectivity index (χ4n) is 2.01. The van der Waals surface area contributed by atoms with Crippen molar-refractivity contribution < 1.29 is 14.3 Å². The van der Waals surface area contributed by atoms with E-state index < -0.39 is 12.0 Å². The van der Waals surface area contributed by atoms with Gasteiger partial charge in [0.05, 0.1) is 10.7 Å². The maximum Gasteiger partial charge on any atom is 0.322 e. The number of benzene rings is 2. The number of hydrogen-bond acceptors (Lipinski definition) is 4. The quantitative estimate of drug-likeness (QED) is 0.545. The van der Waals surface area contributed by atoms with Gasteiger partial charge in [-0.1, -0.05) is 36.4 Å². The SMILES string of the molecule is COC(=O)[C@@H](N)Cc1ccc(OCc2ccccc2)c(I)c1.Cl. The van der Waals surface area contributed by atoms with Crippen LogP contribution in [0.3, 0.4) is 0 Å². The van der Waals surface area contributed by atoms with Crippen molar-refractivity contribution in [1.82, 2.24) is 0 Å². The lowest BCUT2D eigenvalue weighted by atomic mass is 10.1. The molecule has 23 heavy (non-hydrogen) atoms. The summed E-state index contributed by atoms with van der Waals surface area (Å²) in [6, 6.07) is 15.2. The number of carbonyl (C=O) groups is 1. The van der Waals surface area contributed by atoms with Gasteiger partial charge in [0.25, 0.3) is 0 Å². The first-order valence-corrected chi connectivity index (χ1v) is 7.96. The topological polar surface area (TPSA) is 61.5 Å². The maximum atomic E-state index is 11.4. The van der Waals surface area contributed by atoms with Gasteiger partial charge in [0.1, 0.15) is 18.4 Å². The second kappa shape index (κ2) is 9.75. The number of hydrogen-bond donors (Lipinski definition) is 1. The number of nitrogens with two attached hydrogens (primary N) is 1. The average molecular weight is 448 g/mol. The fraction of sp³-hybridized carbons (Fsp3) is 0.235. The first kappa shape index (κ1) is 19.7. The first-order chi connectivity index (χ1) is 10.6. The van der Waals surface area contributed by atoms with Gasteiger partial charge >= 0.3 is 5.97 Å². The summed E-state index contributed by atoms with van der Waals surface area (Å²) in [5.74, 6) is 0.416. The molecule has 2 aromatic rings. The fourth-order valence-corrected chi connectivity index (χ4v) is 2.75. The number of carbonyl (C=O) groups excluding carboxylic acids is 1. The van der Waals surface area contributed by atoms with Crippen LogP contribution in [-0.4, -0.2) is 19.1 Å². The van der Waals surface area contributed by atoms with Gasteiger partial charge in [-0.2, -0.15) is 0 Å². The molecule has 0 bridgehead atoms. The molecule has 0 heterocycles. The van der Waals surface area contributed by atoms with Crippen molar-refractivity contribution >= 4 is 41.0 Å². The van der Waals surface area contributed by atoms with Crippen LogP contribution in [0.4, 0.5) is 0 Å². The zero-order chi connectivity index (χ0) is 15.9. The van der Waals surface area contributed by atoms with Gasteiger partial charge in [-0.25, -0.2) is 0 Å². The van der Waals surface area contributed by atoms with E-state index in [2.05, 4.69) is 27.3 Å². The summed E-state index contributed by atoms with van der Waals surface area (Å²) in [6.07, 6.45) is 0.446. The summed E-state index contributed by atoms with van der Waals surface area (Å²) in [4.78, 5) is 11.4. The Hall–Kier alpha value is -1.31. The molecule has 2 rings (SSSR count). The van der Waals surface area contributed by atoms with Gasteiger partial charge in [-0.05, 0) is 52.3 Å². The van der Waals surface area contributed by atoms with Crippen LogP contribution in [0, 0.1) is 3.57 Å². The van der Waals surface area contributed by atoms with Crippen molar-refractivity contribution in [2.45, 2.75) is 19.1 Å². The van der Waals surface area contributed by atoms with Gasteiger partial charge in [0.2, 0.25) is 0 Å². The Bertz CT molecular complexity index is 637. The molecule has 0 radical (unpaired) electrons. The highest BCUT2D eigenvalue weighted by Gasteiger charge is 2.15. The van der Waals surface area contributed by atoms with Crippen LogP contribution < -0.4 is 10.5 Å². The third-order valence-corrected chi connectivity index (χ3v) is 4.04. The molecule has 0 aliphatic rings. The standard InChI is InChI=1S/C17H18INO3.ClH/c1-21-17(20)15(19)10-13-7-8-16(14(18)9-13)22-11-12-5-3-2-4-6-12;/h2-9,15H,10-11,19H2,1H3;1H/t15-;/m0./s1. The van der Waals surface area contributed by atoms with Gasteiger partial charge in [0.15, 0.2) is 0 Å². The van der Waals surface area contributed by atoms with Crippen molar-refractivity contribution in [3.05, 3.63) is 63.2 Å². The summed E-state index contributed by atoms with van der Waals surface area (Å²) in [7, 11) is 1.34. The third-order valence-electron chi connectivity index (χ3n) is 3.19. The molecule has 0 aliphatic carbocycles. The van der Waals surface area contributed by atoms with Gasteiger partial charge in [0, 0.05) is 0 Å². The molecule has 0 spiro atoms. The van der Waals surface area contributed by atoms with Gasteiger partial charge in [-0.3, -0.25) is 4.79 Å². The van der Waals surface area contributed by atoms with Crippen LogP contribution in [-0.2, 0) is 22.6 Å². The van der Waals surface area contributed by atoms with Crippen molar-refractivity contribution in [3.63, 3.8) is 0 Å². The molecule has 4 nitrogen and oxygen atoms in total. The average Bonchev–Trinajstić information content (AvgIpc) is 2.54. The Labute approximate surface area is 155 Å². The predicted molar refractivity (Wildman–Crippen MR) is 101 cm³/mol. The van der Waals surface area contributed by atoms with Crippen molar-refractivity contribution in [1.29, 1.82) is 0 Å². The summed E-state index contributed by atoms with van der Waals surface area (Å²) in [5.41, 5.74) is 7.88. The van der Waals surface area contributed by atoms with Crippen molar-refractivity contribution in [3.8, 4) is 5.75 Å². The molecule has 0 aromatic heterocycles. The molecule has 0 aliphatic heterocycles. The normalized spacial score (nSPS) is 11.3. The van der Waals surface area contributed by atoms with E-state index >= 15 is 0 Å². The van der Waals surface area contributed by atoms with Crippen LogP contribution in [0.15, 0.2) is 48.5 Å². The lowest BCUT2D eigenvalue weighted by molar-refractivity contribution is -0.142. The van der Waals surface area contributed by atoms with E-state index in [9.17, 15) is 4.79 Å². The molecule has 2 aromatic carbocycles. The lowest BCUT2D eigenvalue weighted by Crippen LogP contribution is -2.33. The highest BCUT2D eigenvalue weighted by Crippen LogP contribution is 2.23. The van der Waals surface area contributed by atoms with E-state index in [0.717, 1.165) is 20.4 Å². The van der Waals surface area contributed by atoms with E-state index in [1.807, 2.05) is 48.5 Å². The lowest BCUT2D eigenvalue weighted by Gasteiger charge is -2.12. The molecule has 0 unspecified atom stereocenters. The Morgan fingerprint density at radius 1 is 1.17 bits per heavy atom. The number of rotatable bonds is 6. The second-order valence-corrected chi connectivity index (χ2v) is 6.04. The Morgan fingerprint density at radius 3 is 2.48 bits per heavy atom. The summed E-state index contributed by atoms with van der Waals surface area (Å²) in [5, 5.41) is 0.